The number of amides is 2. The summed E-state index contributed by atoms with van der Waals surface area (Å²) >= 11 is 6.95. The number of fused-ring (bicyclic) bond motifs is 1. The van der Waals surface area contributed by atoms with E-state index >= 15 is 0 Å². The molecule has 4 rings (SSSR count). The van der Waals surface area contributed by atoms with Gasteiger partial charge in [-0.15, -0.1) is 0 Å². The summed E-state index contributed by atoms with van der Waals surface area (Å²) in [6.07, 6.45) is 2.50. The summed E-state index contributed by atoms with van der Waals surface area (Å²) in [5.41, 5.74) is 1.78. The molecule has 31 heavy (non-hydrogen) atoms. The smallest absolute Gasteiger partial charge is 0.293 e. The molecule has 1 heterocycles. The molecule has 1 fully saturated rings. The van der Waals surface area contributed by atoms with Crippen LogP contribution >= 0.6 is 23.4 Å². The van der Waals surface area contributed by atoms with Crippen LogP contribution in [0.25, 0.3) is 16.8 Å². The molecule has 0 unspecified atom stereocenters. The second-order valence-corrected chi connectivity index (χ2v) is 8.85. The number of carbonyl (C=O) groups is 2. The van der Waals surface area contributed by atoms with Gasteiger partial charge in [-0.3, -0.25) is 14.5 Å². The molecule has 1 atom stereocenters. The fourth-order valence-electron chi connectivity index (χ4n) is 3.47. The van der Waals surface area contributed by atoms with Gasteiger partial charge in [0.1, 0.15) is 12.4 Å². The normalized spacial score (nSPS) is 16.4. The lowest BCUT2D eigenvalue weighted by Crippen LogP contribution is -2.36. The second kappa shape index (κ2) is 9.16. The van der Waals surface area contributed by atoms with Gasteiger partial charge in [0.05, 0.1) is 4.91 Å². The first-order valence-corrected chi connectivity index (χ1v) is 11.3. The number of hydrogen-bond acceptors (Lipinski definition) is 4. The maximum absolute atomic E-state index is 12.9. The number of nitrogens with zero attached hydrogens (tertiary/aromatic N) is 1. The molecule has 0 aliphatic carbocycles. The highest BCUT2D eigenvalue weighted by Crippen LogP contribution is 2.38. The largest absolute Gasteiger partial charge is 0.488 e. The summed E-state index contributed by atoms with van der Waals surface area (Å²) in [6.45, 7) is 4.22. The van der Waals surface area contributed by atoms with Crippen molar-refractivity contribution in [3.8, 4) is 5.75 Å². The van der Waals surface area contributed by atoms with Gasteiger partial charge in [-0.05, 0) is 65.7 Å². The van der Waals surface area contributed by atoms with Crippen molar-refractivity contribution in [1.82, 2.24) is 4.90 Å². The second-order valence-electron chi connectivity index (χ2n) is 7.42. The molecule has 1 saturated heterocycles. The third-order valence-electron chi connectivity index (χ3n) is 5.37. The van der Waals surface area contributed by atoms with Crippen molar-refractivity contribution >= 4 is 51.4 Å². The van der Waals surface area contributed by atoms with E-state index in [1.165, 1.54) is 4.90 Å². The Morgan fingerprint density at radius 3 is 2.55 bits per heavy atom. The van der Waals surface area contributed by atoms with Crippen molar-refractivity contribution in [2.45, 2.75) is 32.9 Å². The van der Waals surface area contributed by atoms with Gasteiger partial charge in [0.25, 0.3) is 11.1 Å². The number of ether oxygens (including phenoxy) is 1. The van der Waals surface area contributed by atoms with Crippen LogP contribution < -0.4 is 4.74 Å². The SMILES string of the molecule is CC[C@H](C)N1C(=O)S/C(=C/c2c(OCc3ccc(Cl)cc3)ccc3ccccc23)C1=O. The van der Waals surface area contributed by atoms with Crippen LogP contribution in [0.3, 0.4) is 0 Å². The van der Waals surface area contributed by atoms with Crippen molar-refractivity contribution in [2.75, 3.05) is 0 Å². The molecule has 158 valence electrons. The number of thioether (sulfide) groups is 1. The van der Waals surface area contributed by atoms with E-state index in [9.17, 15) is 9.59 Å². The van der Waals surface area contributed by atoms with E-state index in [4.69, 9.17) is 16.3 Å². The van der Waals surface area contributed by atoms with Crippen LogP contribution in [0.2, 0.25) is 5.02 Å². The molecule has 1 aliphatic rings. The van der Waals surface area contributed by atoms with Gasteiger partial charge in [0, 0.05) is 16.6 Å². The molecule has 0 bridgehead atoms. The summed E-state index contributed by atoms with van der Waals surface area (Å²) in [4.78, 5) is 27.2. The highest BCUT2D eigenvalue weighted by molar-refractivity contribution is 8.18. The zero-order valence-electron chi connectivity index (χ0n) is 17.3. The van der Waals surface area contributed by atoms with Crippen LogP contribution in [0.1, 0.15) is 31.4 Å². The monoisotopic (exact) mass is 451 g/mol. The molecule has 0 radical (unpaired) electrons. The average Bonchev–Trinajstić information content (AvgIpc) is 3.06. The standard InChI is InChI=1S/C25H22ClNO3S/c1-3-16(2)27-24(28)23(31-25(27)29)14-21-20-7-5-4-6-18(20)10-13-22(21)30-15-17-8-11-19(26)12-9-17/h4-14,16H,3,15H2,1-2H3/b23-14+/t16-/m0/s1. The van der Waals surface area contributed by atoms with E-state index in [1.54, 1.807) is 6.08 Å². The molecule has 0 saturated carbocycles. The minimum absolute atomic E-state index is 0.133. The van der Waals surface area contributed by atoms with Gasteiger partial charge in [-0.2, -0.15) is 0 Å². The van der Waals surface area contributed by atoms with Gasteiger partial charge in [0.15, 0.2) is 0 Å². The first-order valence-electron chi connectivity index (χ1n) is 10.1. The molecule has 0 spiro atoms. The summed E-state index contributed by atoms with van der Waals surface area (Å²) in [6, 6.07) is 19.2. The predicted octanol–water partition coefficient (Wildman–Crippen LogP) is 6.91. The molecular formula is C25H22ClNO3S. The minimum atomic E-state index is -0.249. The Bertz CT molecular complexity index is 1170. The Labute approximate surface area is 190 Å². The third kappa shape index (κ3) is 4.48. The fraction of sp³-hybridized carbons (Fsp3) is 0.200. The number of benzene rings is 3. The van der Waals surface area contributed by atoms with Crippen molar-refractivity contribution < 1.29 is 14.3 Å². The van der Waals surface area contributed by atoms with Gasteiger partial charge in [0.2, 0.25) is 0 Å². The maximum atomic E-state index is 12.9. The Balaban J connectivity index is 1.72. The van der Waals surface area contributed by atoms with Crippen molar-refractivity contribution in [1.29, 1.82) is 0 Å². The van der Waals surface area contributed by atoms with Crippen LogP contribution in [0.5, 0.6) is 5.75 Å². The van der Waals surface area contributed by atoms with Crippen molar-refractivity contribution in [3.05, 3.63) is 81.7 Å². The number of hydrogen-bond donors (Lipinski definition) is 0. The van der Waals surface area contributed by atoms with Crippen LogP contribution in [-0.4, -0.2) is 22.1 Å². The van der Waals surface area contributed by atoms with Crippen LogP contribution in [0.4, 0.5) is 4.79 Å². The van der Waals surface area contributed by atoms with Gasteiger partial charge < -0.3 is 4.74 Å². The lowest BCUT2D eigenvalue weighted by Gasteiger charge is -2.19. The summed E-state index contributed by atoms with van der Waals surface area (Å²) in [5.74, 6) is 0.407. The summed E-state index contributed by atoms with van der Waals surface area (Å²) in [5, 5.41) is 2.45. The van der Waals surface area contributed by atoms with E-state index in [-0.39, 0.29) is 17.2 Å². The van der Waals surface area contributed by atoms with E-state index in [1.807, 2.05) is 74.5 Å². The molecule has 3 aromatic carbocycles. The van der Waals surface area contributed by atoms with Crippen molar-refractivity contribution in [2.24, 2.45) is 0 Å². The lowest BCUT2D eigenvalue weighted by atomic mass is 10.0. The highest BCUT2D eigenvalue weighted by atomic mass is 35.5. The lowest BCUT2D eigenvalue weighted by molar-refractivity contribution is -0.124. The van der Waals surface area contributed by atoms with E-state index in [2.05, 4.69) is 0 Å². The minimum Gasteiger partial charge on any atom is -0.488 e. The van der Waals surface area contributed by atoms with Gasteiger partial charge in [-0.1, -0.05) is 61.0 Å². The van der Waals surface area contributed by atoms with Gasteiger partial charge in [-0.25, -0.2) is 0 Å². The Morgan fingerprint density at radius 2 is 1.81 bits per heavy atom. The zero-order valence-corrected chi connectivity index (χ0v) is 18.9. The first-order chi connectivity index (χ1) is 15.0. The van der Waals surface area contributed by atoms with E-state index < -0.39 is 0 Å². The Hall–Kier alpha value is -2.76. The highest BCUT2D eigenvalue weighted by Gasteiger charge is 2.37. The average molecular weight is 452 g/mol. The summed E-state index contributed by atoms with van der Waals surface area (Å²) < 4.78 is 6.13. The quantitative estimate of drug-likeness (QED) is 0.382. The number of carbonyl (C=O) groups excluding carboxylic acids is 2. The van der Waals surface area contributed by atoms with Gasteiger partial charge >= 0.3 is 0 Å². The molecule has 4 nitrogen and oxygen atoms in total. The number of imide groups is 1. The molecule has 6 heteroatoms. The van der Waals surface area contributed by atoms with E-state index in [0.29, 0.717) is 22.3 Å². The Morgan fingerprint density at radius 1 is 1.06 bits per heavy atom. The number of halogens is 1. The fourth-order valence-corrected chi connectivity index (χ4v) is 4.50. The predicted molar refractivity (Wildman–Crippen MR) is 127 cm³/mol. The van der Waals surface area contributed by atoms with Crippen LogP contribution in [0.15, 0.2) is 65.6 Å². The van der Waals surface area contributed by atoms with Crippen molar-refractivity contribution in [3.63, 3.8) is 0 Å². The van der Waals surface area contributed by atoms with Crippen LogP contribution in [-0.2, 0) is 11.4 Å². The number of rotatable bonds is 6. The van der Waals surface area contributed by atoms with Crippen LogP contribution in [0, 0.1) is 0 Å². The first kappa shape index (κ1) is 21.5. The third-order valence-corrected chi connectivity index (χ3v) is 6.50. The maximum Gasteiger partial charge on any atom is 0.293 e. The molecular weight excluding hydrogens is 430 g/mol. The molecule has 0 aromatic heterocycles. The van der Waals surface area contributed by atoms with E-state index in [0.717, 1.165) is 40.1 Å². The molecule has 1 aliphatic heterocycles. The zero-order chi connectivity index (χ0) is 22.0. The molecule has 2 amide bonds. The topological polar surface area (TPSA) is 46.6 Å². The Kier molecular flexibility index (Phi) is 6.35. The molecule has 0 N–H and O–H groups in total. The molecule has 3 aromatic rings. The summed E-state index contributed by atoms with van der Waals surface area (Å²) in [7, 11) is 0.